The summed E-state index contributed by atoms with van der Waals surface area (Å²) in [5, 5.41) is 7.11. The van der Waals surface area contributed by atoms with Gasteiger partial charge in [-0.25, -0.2) is 9.18 Å². The van der Waals surface area contributed by atoms with Crippen molar-refractivity contribution in [1.82, 2.24) is 25.0 Å². The molecule has 3 N–H and O–H groups in total. The zero-order valence-corrected chi connectivity index (χ0v) is 27.8. The number of H-pyrrole nitrogens is 1. The van der Waals surface area contributed by atoms with Gasteiger partial charge in [0.15, 0.2) is 0 Å². The molecule has 0 spiro atoms. The smallest absolute Gasteiger partial charge is 0.318 e. The summed E-state index contributed by atoms with van der Waals surface area (Å²) in [6.45, 7) is 6.00. The monoisotopic (exact) mass is 653 g/mol. The molecule has 6 rings (SSSR count). The van der Waals surface area contributed by atoms with Crippen LogP contribution in [0.15, 0.2) is 72.9 Å². The fraction of sp³-hybridized carbons (Fsp3) is 0.378. The number of aromatic amines is 1. The molecule has 2 aliphatic rings. The summed E-state index contributed by atoms with van der Waals surface area (Å²) in [4.78, 5) is 52.8. The zero-order chi connectivity index (χ0) is 33.8. The Kier molecular flexibility index (Phi) is 9.95. The number of likely N-dealkylation sites (tertiary alicyclic amines) is 1. The molecule has 2 fully saturated rings. The average Bonchev–Trinajstić information content (AvgIpc) is 3.78. The van der Waals surface area contributed by atoms with Crippen LogP contribution in [-0.4, -0.2) is 96.9 Å². The molecule has 0 unspecified atom stereocenters. The van der Waals surface area contributed by atoms with E-state index in [1.807, 2.05) is 73.4 Å². The van der Waals surface area contributed by atoms with E-state index in [0.29, 0.717) is 57.1 Å². The number of hydrogen-bond donors (Lipinski definition) is 3. The third kappa shape index (κ3) is 7.31. The lowest BCUT2D eigenvalue weighted by Gasteiger charge is -2.37. The standard InChI is InChI=1S/C37H44FN7O3/c1-25(31-23-39-32-9-5-4-8-29(31)32)34(41-37(48)45-20-18-43(19-21-45)28-13-11-27(38)12-14-28)35(46)40-33-22-26(24-42(2)3)10-15-30(33)36(47)44-16-6-7-17-44/h4-5,8-15,22-23,25,34,39H,6-7,16-21,24H2,1-3H3,(H,40,46)(H,41,48)/t25-,34-/m1/s1. The summed E-state index contributed by atoms with van der Waals surface area (Å²) >= 11 is 0. The van der Waals surface area contributed by atoms with E-state index in [1.54, 1.807) is 23.1 Å². The number of urea groups is 1. The molecule has 10 nitrogen and oxygen atoms in total. The van der Waals surface area contributed by atoms with Crippen LogP contribution < -0.4 is 15.5 Å². The average molecular weight is 654 g/mol. The third-order valence-electron chi connectivity index (χ3n) is 9.40. The second kappa shape index (κ2) is 14.5. The Morgan fingerprint density at radius 3 is 2.31 bits per heavy atom. The normalized spacial score (nSPS) is 16.3. The molecule has 11 heteroatoms. The van der Waals surface area contributed by atoms with Crippen LogP contribution in [0.2, 0.25) is 0 Å². The Bertz CT molecular complexity index is 1760. The molecule has 4 amide bonds. The van der Waals surface area contributed by atoms with Gasteiger partial charge in [0.2, 0.25) is 5.91 Å². The van der Waals surface area contributed by atoms with Gasteiger partial charge in [0.1, 0.15) is 11.9 Å². The van der Waals surface area contributed by atoms with Crippen molar-refractivity contribution in [2.45, 2.75) is 38.3 Å². The summed E-state index contributed by atoms with van der Waals surface area (Å²) in [6.07, 6.45) is 3.81. The van der Waals surface area contributed by atoms with E-state index >= 15 is 0 Å². The van der Waals surface area contributed by atoms with Crippen molar-refractivity contribution in [2.75, 3.05) is 63.6 Å². The van der Waals surface area contributed by atoms with E-state index < -0.39 is 17.9 Å². The first kappa shape index (κ1) is 33.0. The van der Waals surface area contributed by atoms with E-state index in [2.05, 4.69) is 20.5 Å². The van der Waals surface area contributed by atoms with Crippen molar-refractivity contribution in [2.24, 2.45) is 0 Å². The Morgan fingerprint density at radius 2 is 1.60 bits per heavy atom. The molecular formula is C37H44FN7O3. The number of hydrogen-bond acceptors (Lipinski definition) is 5. The van der Waals surface area contributed by atoms with Crippen molar-refractivity contribution in [3.8, 4) is 0 Å². The number of anilines is 2. The van der Waals surface area contributed by atoms with Crippen LogP contribution in [0.1, 0.15) is 47.2 Å². The largest absolute Gasteiger partial charge is 0.368 e. The molecule has 1 aromatic heterocycles. The number of nitrogens with zero attached hydrogens (tertiary/aromatic N) is 4. The first-order valence-electron chi connectivity index (χ1n) is 16.7. The summed E-state index contributed by atoms with van der Waals surface area (Å²) in [7, 11) is 3.94. The maximum atomic E-state index is 14.4. The quantitative estimate of drug-likeness (QED) is 0.229. The summed E-state index contributed by atoms with van der Waals surface area (Å²) < 4.78 is 13.5. The molecule has 0 bridgehead atoms. The predicted molar refractivity (Wildman–Crippen MR) is 187 cm³/mol. The topological polar surface area (TPSA) is 104 Å². The number of aromatic nitrogens is 1. The van der Waals surface area contributed by atoms with E-state index in [1.165, 1.54) is 12.1 Å². The third-order valence-corrected chi connectivity index (χ3v) is 9.40. The van der Waals surface area contributed by atoms with Crippen molar-refractivity contribution in [3.05, 3.63) is 95.4 Å². The van der Waals surface area contributed by atoms with Crippen LogP contribution in [0.3, 0.4) is 0 Å². The molecular weight excluding hydrogens is 609 g/mol. The lowest BCUT2D eigenvalue weighted by atomic mass is 9.92. The number of piperazine rings is 1. The van der Waals surface area contributed by atoms with E-state index in [4.69, 9.17) is 0 Å². The first-order chi connectivity index (χ1) is 23.2. The number of fused-ring (bicyclic) bond motifs is 1. The van der Waals surface area contributed by atoms with Gasteiger partial charge in [0, 0.05) is 74.5 Å². The fourth-order valence-corrected chi connectivity index (χ4v) is 6.76. The van der Waals surface area contributed by atoms with Crippen LogP contribution in [0.5, 0.6) is 0 Å². The molecule has 3 aromatic carbocycles. The van der Waals surface area contributed by atoms with Crippen molar-refractivity contribution < 1.29 is 18.8 Å². The van der Waals surface area contributed by atoms with Gasteiger partial charge in [-0.2, -0.15) is 0 Å². The molecule has 4 aromatic rings. The number of carbonyl (C=O) groups excluding carboxylic acids is 3. The highest BCUT2D eigenvalue weighted by molar-refractivity contribution is 6.06. The maximum absolute atomic E-state index is 14.4. The molecule has 0 aliphatic carbocycles. The second-order valence-corrected chi connectivity index (χ2v) is 13.1. The SMILES string of the molecule is C[C@H](c1c[nH]c2ccccc12)[C@@H](NC(=O)N1CCN(c2ccc(F)cc2)CC1)C(=O)Nc1cc(CN(C)C)ccc1C(=O)N1CCCC1. The van der Waals surface area contributed by atoms with Crippen LogP contribution in [0, 0.1) is 5.82 Å². The summed E-state index contributed by atoms with van der Waals surface area (Å²) in [6, 6.07) is 18.5. The Morgan fingerprint density at radius 1 is 0.896 bits per heavy atom. The van der Waals surface area contributed by atoms with Crippen LogP contribution in [-0.2, 0) is 11.3 Å². The molecule has 3 heterocycles. The van der Waals surface area contributed by atoms with Gasteiger partial charge in [-0.1, -0.05) is 31.2 Å². The second-order valence-electron chi connectivity index (χ2n) is 13.1. The number of amides is 4. The minimum absolute atomic E-state index is 0.108. The van der Waals surface area contributed by atoms with E-state index in [0.717, 1.165) is 40.6 Å². The van der Waals surface area contributed by atoms with Gasteiger partial charge in [0.05, 0.1) is 11.3 Å². The molecule has 2 saturated heterocycles. The number of para-hydroxylation sites is 1. The minimum atomic E-state index is -0.945. The van der Waals surface area contributed by atoms with Gasteiger partial charge in [0.25, 0.3) is 5.91 Å². The zero-order valence-electron chi connectivity index (χ0n) is 27.8. The molecule has 0 saturated carbocycles. The first-order valence-corrected chi connectivity index (χ1v) is 16.7. The molecule has 48 heavy (non-hydrogen) atoms. The number of nitrogens with one attached hydrogen (secondary N) is 3. The molecule has 2 aliphatic heterocycles. The highest BCUT2D eigenvalue weighted by Gasteiger charge is 2.33. The lowest BCUT2D eigenvalue weighted by molar-refractivity contribution is -0.118. The van der Waals surface area contributed by atoms with E-state index in [-0.39, 0.29) is 17.8 Å². The Labute approximate surface area is 280 Å². The van der Waals surface area contributed by atoms with Crippen molar-refractivity contribution in [3.63, 3.8) is 0 Å². The van der Waals surface area contributed by atoms with Crippen LogP contribution >= 0.6 is 0 Å². The van der Waals surface area contributed by atoms with Crippen LogP contribution in [0.4, 0.5) is 20.6 Å². The predicted octanol–water partition coefficient (Wildman–Crippen LogP) is 5.25. The van der Waals surface area contributed by atoms with Gasteiger partial charge in [-0.3, -0.25) is 9.59 Å². The number of carbonyl (C=O) groups is 3. The van der Waals surface area contributed by atoms with Crippen LogP contribution in [0.25, 0.3) is 10.9 Å². The highest BCUT2D eigenvalue weighted by Crippen LogP contribution is 2.30. The molecule has 2 atom stereocenters. The molecule has 252 valence electrons. The highest BCUT2D eigenvalue weighted by atomic mass is 19.1. The number of rotatable bonds is 9. The molecule has 0 radical (unpaired) electrons. The van der Waals surface area contributed by atoms with Crippen molar-refractivity contribution in [1.29, 1.82) is 0 Å². The number of benzene rings is 3. The van der Waals surface area contributed by atoms with Gasteiger partial charge in [-0.05, 0) is 80.5 Å². The van der Waals surface area contributed by atoms with Gasteiger partial charge >= 0.3 is 6.03 Å². The van der Waals surface area contributed by atoms with Gasteiger partial charge in [-0.15, -0.1) is 0 Å². The van der Waals surface area contributed by atoms with Crippen molar-refractivity contribution >= 4 is 40.1 Å². The maximum Gasteiger partial charge on any atom is 0.318 e. The summed E-state index contributed by atoms with van der Waals surface area (Å²) in [5.41, 5.74) is 4.58. The Hall–Kier alpha value is -4.90. The van der Waals surface area contributed by atoms with Gasteiger partial charge < -0.3 is 35.2 Å². The lowest BCUT2D eigenvalue weighted by Crippen LogP contribution is -2.56. The minimum Gasteiger partial charge on any atom is -0.368 e. The number of halogens is 1. The summed E-state index contributed by atoms with van der Waals surface area (Å²) in [5.74, 6) is -1.21. The fourth-order valence-electron chi connectivity index (χ4n) is 6.76. The Balaban J connectivity index is 1.26. The van der Waals surface area contributed by atoms with E-state index in [9.17, 15) is 18.8 Å².